The van der Waals surface area contributed by atoms with Crippen LogP contribution in [0.15, 0.2) is 0 Å². The van der Waals surface area contributed by atoms with Gasteiger partial charge in [0.2, 0.25) is 0 Å². The number of hydrogen-bond acceptors (Lipinski definition) is 2. The largest absolute Gasteiger partial charge is 0.331 e. The minimum absolute atomic E-state index is 0.628. The fraction of sp³-hybridized carbons (Fsp3) is 1.00. The van der Waals surface area contributed by atoms with E-state index in [0.29, 0.717) is 5.82 Å². The minimum atomic E-state index is 0.628. The maximum Gasteiger partial charge on any atom is 0.108 e. The van der Waals surface area contributed by atoms with Crippen molar-refractivity contribution in [3.8, 4) is 0 Å². The van der Waals surface area contributed by atoms with Gasteiger partial charge in [-0.05, 0) is 44.2 Å². The highest BCUT2D eigenvalue weighted by molar-refractivity contribution is 6.12. The van der Waals surface area contributed by atoms with Crippen LogP contribution in [-0.4, -0.2) is 27.5 Å². The van der Waals surface area contributed by atoms with Crippen molar-refractivity contribution in [3.63, 3.8) is 0 Å². The molecule has 0 bridgehead atoms. The molecule has 1 unspecified atom stereocenters. The van der Waals surface area contributed by atoms with Crippen molar-refractivity contribution in [1.29, 1.82) is 0 Å². The molecule has 13 heavy (non-hydrogen) atoms. The summed E-state index contributed by atoms with van der Waals surface area (Å²) in [6, 6.07) is 0. The Labute approximate surface area is 83.1 Å². The Balaban J connectivity index is 1.98. The van der Waals surface area contributed by atoms with Crippen LogP contribution < -0.4 is 11.1 Å². The van der Waals surface area contributed by atoms with Crippen molar-refractivity contribution >= 4 is 7.85 Å². The van der Waals surface area contributed by atoms with Crippen molar-refractivity contribution < 1.29 is 0 Å². The van der Waals surface area contributed by atoms with E-state index in [4.69, 9.17) is 5.73 Å². The molecule has 76 valence electrons. The van der Waals surface area contributed by atoms with Gasteiger partial charge < -0.3 is 11.1 Å². The zero-order valence-electron chi connectivity index (χ0n) is 8.89. The quantitative estimate of drug-likeness (QED) is 0.609. The fourth-order valence-corrected chi connectivity index (χ4v) is 2.01. The lowest BCUT2D eigenvalue weighted by Gasteiger charge is -2.22. The second-order valence-electron chi connectivity index (χ2n) is 4.50. The van der Waals surface area contributed by atoms with Gasteiger partial charge in [-0.3, -0.25) is 0 Å². The SMILES string of the molecule is BC(CN)CNCC1CCCCC1. The van der Waals surface area contributed by atoms with Crippen molar-refractivity contribution in [2.75, 3.05) is 19.6 Å². The first-order chi connectivity index (χ1) is 6.33. The summed E-state index contributed by atoms with van der Waals surface area (Å²) in [6.07, 6.45) is 7.21. The topological polar surface area (TPSA) is 38.0 Å². The van der Waals surface area contributed by atoms with Crippen LogP contribution in [0.2, 0.25) is 5.82 Å². The van der Waals surface area contributed by atoms with Crippen LogP contribution in [-0.2, 0) is 0 Å². The van der Waals surface area contributed by atoms with Gasteiger partial charge in [0.15, 0.2) is 0 Å². The second kappa shape index (κ2) is 6.44. The molecule has 1 aliphatic rings. The van der Waals surface area contributed by atoms with E-state index in [1.807, 2.05) is 0 Å². The van der Waals surface area contributed by atoms with Crippen molar-refractivity contribution in [3.05, 3.63) is 0 Å². The summed E-state index contributed by atoms with van der Waals surface area (Å²) >= 11 is 0. The third-order valence-corrected chi connectivity index (χ3v) is 3.05. The number of nitrogens with two attached hydrogens (primary N) is 1. The normalized spacial score (nSPS) is 21.6. The van der Waals surface area contributed by atoms with Crippen LogP contribution >= 0.6 is 0 Å². The monoisotopic (exact) mass is 182 g/mol. The maximum atomic E-state index is 5.55. The summed E-state index contributed by atoms with van der Waals surface area (Å²) < 4.78 is 0. The Bertz CT molecular complexity index is 124. The number of hydrogen-bond donors (Lipinski definition) is 2. The van der Waals surface area contributed by atoms with E-state index in [2.05, 4.69) is 13.2 Å². The number of rotatable bonds is 5. The van der Waals surface area contributed by atoms with Gasteiger partial charge in [0, 0.05) is 0 Å². The standard InChI is InChI=1S/C10H23BN2/c11-10(6-12)8-13-7-9-4-2-1-3-5-9/h9-10,13H,1-8,11-12H2. The van der Waals surface area contributed by atoms with Gasteiger partial charge >= 0.3 is 0 Å². The minimum Gasteiger partial charge on any atom is -0.331 e. The molecule has 0 saturated heterocycles. The lowest BCUT2D eigenvalue weighted by atomic mass is 9.86. The molecule has 0 heterocycles. The Hall–Kier alpha value is -0.0151. The average molecular weight is 182 g/mol. The highest BCUT2D eigenvalue weighted by Gasteiger charge is 2.12. The van der Waals surface area contributed by atoms with Crippen LogP contribution in [0.3, 0.4) is 0 Å². The Kier molecular flexibility index (Phi) is 5.48. The molecule has 2 nitrogen and oxygen atoms in total. The van der Waals surface area contributed by atoms with Gasteiger partial charge in [-0.2, -0.15) is 0 Å². The fourth-order valence-electron chi connectivity index (χ4n) is 2.01. The first-order valence-corrected chi connectivity index (χ1v) is 5.73. The molecule has 1 aliphatic carbocycles. The molecular formula is C10H23BN2. The van der Waals surface area contributed by atoms with Crippen LogP contribution in [0.5, 0.6) is 0 Å². The molecule has 0 radical (unpaired) electrons. The maximum absolute atomic E-state index is 5.55. The second-order valence-corrected chi connectivity index (χ2v) is 4.50. The van der Waals surface area contributed by atoms with Crippen molar-refractivity contribution in [2.45, 2.75) is 37.9 Å². The molecule has 1 atom stereocenters. The third-order valence-electron chi connectivity index (χ3n) is 3.05. The van der Waals surface area contributed by atoms with Crippen LogP contribution in [0.4, 0.5) is 0 Å². The Morgan fingerprint density at radius 1 is 1.31 bits per heavy atom. The summed E-state index contributed by atoms with van der Waals surface area (Å²) in [7, 11) is 2.20. The molecule has 3 N–H and O–H groups in total. The highest BCUT2D eigenvalue weighted by Crippen LogP contribution is 2.22. The smallest absolute Gasteiger partial charge is 0.108 e. The molecule has 0 amide bonds. The van der Waals surface area contributed by atoms with Gasteiger partial charge in [0.05, 0.1) is 0 Å². The van der Waals surface area contributed by atoms with E-state index in [-0.39, 0.29) is 0 Å². The van der Waals surface area contributed by atoms with E-state index in [9.17, 15) is 0 Å². The molecule has 0 aliphatic heterocycles. The molecule has 3 heteroatoms. The molecular weight excluding hydrogens is 159 g/mol. The molecule has 1 rings (SSSR count). The van der Waals surface area contributed by atoms with Gasteiger partial charge in [0.25, 0.3) is 0 Å². The average Bonchev–Trinajstić information content (AvgIpc) is 2.19. The summed E-state index contributed by atoms with van der Waals surface area (Å²) in [5.74, 6) is 1.57. The van der Waals surface area contributed by atoms with E-state index < -0.39 is 0 Å². The zero-order chi connectivity index (χ0) is 9.52. The van der Waals surface area contributed by atoms with Gasteiger partial charge in [-0.1, -0.05) is 19.3 Å². The summed E-state index contributed by atoms with van der Waals surface area (Å²) in [5, 5.41) is 3.53. The first-order valence-electron chi connectivity index (χ1n) is 5.73. The molecule has 1 fully saturated rings. The molecule has 0 aromatic heterocycles. The third kappa shape index (κ3) is 4.68. The van der Waals surface area contributed by atoms with Crippen molar-refractivity contribution in [1.82, 2.24) is 5.32 Å². The van der Waals surface area contributed by atoms with Crippen LogP contribution in [0, 0.1) is 5.92 Å². The van der Waals surface area contributed by atoms with E-state index in [1.165, 1.54) is 38.6 Å². The molecule has 0 aromatic rings. The summed E-state index contributed by atoms with van der Waals surface area (Å²) in [6.45, 7) is 3.11. The van der Waals surface area contributed by atoms with E-state index in [0.717, 1.165) is 19.0 Å². The molecule has 1 saturated carbocycles. The van der Waals surface area contributed by atoms with Gasteiger partial charge in [0.1, 0.15) is 7.85 Å². The Morgan fingerprint density at radius 2 is 2.00 bits per heavy atom. The lowest BCUT2D eigenvalue weighted by molar-refractivity contribution is 0.342. The predicted octanol–water partition coefficient (Wildman–Crippen LogP) is 0.537. The van der Waals surface area contributed by atoms with Crippen LogP contribution in [0.1, 0.15) is 32.1 Å². The van der Waals surface area contributed by atoms with E-state index in [1.54, 1.807) is 0 Å². The molecule has 0 aromatic carbocycles. The van der Waals surface area contributed by atoms with Crippen molar-refractivity contribution in [2.24, 2.45) is 11.7 Å². The van der Waals surface area contributed by atoms with Crippen LogP contribution in [0.25, 0.3) is 0 Å². The van der Waals surface area contributed by atoms with Gasteiger partial charge in [-0.15, -0.1) is 0 Å². The summed E-state index contributed by atoms with van der Waals surface area (Å²) in [4.78, 5) is 0. The first kappa shape index (κ1) is 11.1. The number of nitrogens with one attached hydrogen (secondary N) is 1. The van der Waals surface area contributed by atoms with E-state index >= 15 is 0 Å². The molecule has 0 spiro atoms. The Morgan fingerprint density at radius 3 is 2.62 bits per heavy atom. The highest BCUT2D eigenvalue weighted by atomic mass is 14.9. The summed E-state index contributed by atoms with van der Waals surface area (Å²) in [5.41, 5.74) is 5.55. The lowest BCUT2D eigenvalue weighted by Crippen LogP contribution is -2.29. The van der Waals surface area contributed by atoms with Gasteiger partial charge in [-0.25, -0.2) is 0 Å². The predicted molar refractivity (Wildman–Crippen MR) is 60.8 cm³/mol. The zero-order valence-corrected chi connectivity index (χ0v) is 8.89.